The van der Waals surface area contributed by atoms with Crippen LogP contribution >= 0.6 is 0 Å². The number of para-hydroxylation sites is 1. The molecule has 2 aromatic rings. The zero-order valence-electron chi connectivity index (χ0n) is 21.1. The molecule has 0 saturated carbocycles. The first kappa shape index (κ1) is 29.7. The van der Waals surface area contributed by atoms with E-state index >= 15 is 0 Å². The van der Waals surface area contributed by atoms with Gasteiger partial charge in [0.2, 0.25) is 5.91 Å². The van der Waals surface area contributed by atoms with Crippen molar-refractivity contribution in [1.82, 2.24) is 5.32 Å². The summed E-state index contributed by atoms with van der Waals surface area (Å²) in [5.41, 5.74) is 5.85. The summed E-state index contributed by atoms with van der Waals surface area (Å²) < 4.78 is 0. The monoisotopic (exact) mass is 453 g/mol. The molecule has 0 unspecified atom stereocenters. The van der Waals surface area contributed by atoms with Crippen molar-refractivity contribution in [3.63, 3.8) is 0 Å². The molecule has 0 saturated heterocycles. The second-order valence-corrected chi connectivity index (χ2v) is 8.16. The van der Waals surface area contributed by atoms with Gasteiger partial charge in [-0.05, 0) is 88.3 Å². The molecule has 180 valence electrons. The first-order chi connectivity index (χ1) is 15.3. The Balaban J connectivity index is 0.000000511. The van der Waals surface area contributed by atoms with E-state index in [2.05, 4.69) is 18.5 Å². The Kier molecular flexibility index (Phi) is 13.2. The normalized spacial score (nSPS) is 9.55. The molecule has 0 atom stereocenters. The molecule has 1 amide bonds. The Hall–Kier alpha value is -3.34. The van der Waals surface area contributed by atoms with E-state index in [9.17, 15) is 19.8 Å². The Morgan fingerprint density at radius 2 is 1.30 bits per heavy atom. The average Bonchev–Trinajstić information content (AvgIpc) is 2.74. The van der Waals surface area contributed by atoms with Crippen LogP contribution in [0.2, 0.25) is 0 Å². The van der Waals surface area contributed by atoms with Crippen LogP contribution in [0.15, 0.2) is 54.6 Å². The Morgan fingerprint density at radius 3 is 1.64 bits per heavy atom. The minimum atomic E-state index is -0.0625. The van der Waals surface area contributed by atoms with Crippen molar-refractivity contribution < 1.29 is 19.8 Å². The Morgan fingerprint density at radius 1 is 0.848 bits per heavy atom. The minimum absolute atomic E-state index is 0.0625. The van der Waals surface area contributed by atoms with Gasteiger partial charge < -0.3 is 15.5 Å². The molecule has 33 heavy (non-hydrogen) atoms. The van der Waals surface area contributed by atoms with E-state index in [1.165, 1.54) is 0 Å². The number of ketones is 1. The van der Waals surface area contributed by atoms with Gasteiger partial charge in [-0.15, -0.1) is 0 Å². The van der Waals surface area contributed by atoms with Gasteiger partial charge in [-0.3, -0.25) is 9.59 Å². The molecular formula is C28H39NO4. The largest absolute Gasteiger partial charge is 0.507 e. The molecule has 0 aromatic heterocycles. The van der Waals surface area contributed by atoms with Crippen LogP contribution in [-0.2, 0) is 16.0 Å². The van der Waals surface area contributed by atoms with Gasteiger partial charge in [0.25, 0.3) is 0 Å². The number of benzene rings is 2. The molecule has 0 radical (unpaired) electrons. The number of hydrogen-bond donors (Lipinski definition) is 3. The third-order valence-corrected chi connectivity index (χ3v) is 4.83. The van der Waals surface area contributed by atoms with Crippen molar-refractivity contribution >= 4 is 11.7 Å². The van der Waals surface area contributed by atoms with Gasteiger partial charge in [-0.2, -0.15) is 0 Å². The zero-order chi connectivity index (χ0) is 25.7. The van der Waals surface area contributed by atoms with Gasteiger partial charge in [0.1, 0.15) is 11.5 Å². The van der Waals surface area contributed by atoms with Crippen molar-refractivity contribution in [2.45, 2.75) is 61.3 Å². The highest BCUT2D eigenvalue weighted by atomic mass is 16.3. The van der Waals surface area contributed by atoms with Gasteiger partial charge in [0.15, 0.2) is 5.78 Å². The quantitative estimate of drug-likeness (QED) is 0.483. The van der Waals surface area contributed by atoms with Crippen molar-refractivity contribution in [2.24, 2.45) is 0 Å². The van der Waals surface area contributed by atoms with E-state index < -0.39 is 0 Å². The second kappa shape index (κ2) is 14.7. The number of aromatic hydroxyl groups is 2. The predicted octanol–water partition coefficient (Wildman–Crippen LogP) is 5.79. The fourth-order valence-electron chi connectivity index (χ4n) is 2.78. The number of amides is 1. The molecule has 0 spiro atoms. The third-order valence-electron chi connectivity index (χ3n) is 4.83. The van der Waals surface area contributed by atoms with Crippen molar-refractivity contribution in [2.75, 3.05) is 6.54 Å². The topological polar surface area (TPSA) is 86.6 Å². The number of carbonyl (C=O) groups excluding carboxylic acids is 2. The van der Waals surface area contributed by atoms with Gasteiger partial charge >= 0.3 is 0 Å². The van der Waals surface area contributed by atoms with Crippen LogP contribution in [0.25, 0.3) is 0 Å². The Labute approximate surface area is 198 Å². The molecular weight excluding hydrogens is 414 g/mol. The van der Waals surface area contributed by atoms with E-state index in [1.807, 2.05) is 65.0 Å². The smallest absolute Gasteiger partial charge is 0.246 e. The number of Topliss-reactive ketones (excluding diaryl/α,β-unsaturated/α-hetero) is 1. The highest BCUT2D eigenvalue weighted by Crippen LogP contribution is 2.23. The fraction of sp³-hybridized carbons (Fsp3) is 0.357. The second-order valence-electron chi connectivity index (χ2n) is 8.16. The molecule has 2 aromatic carbocycles. The van der Waals surface area contributed by atoms with Crippen molar-refractivity contribution in [3.05, 3.63) is 82.5 Å². The lowest BCUT2D eigenvalue weighted by molar-refractivity contribution is -0.117. The number of rotatable bonds is 6. The molecule has 0 aliphatic carbocycles. The lowest BCUT2D eigenvalue weighted by Gasteiger charge is -2.07. The van der Waals surface area contributed by atoms with Gasteiger partial charge in [0, 0.05) is 18.5 Å². The molecule has 0 bridgehead atoms. The van der Waals surface area contributed by atoms with E-state index in [-0.39, 0.29) is 11.7 Å². The molecule has 0 aliphatic heterocycles. The van der Waals surface area contributed by atoms with Crippen molar-refractivity contribution in [1.29, 1.82) is 0 Å². The van der Waals surface area contributed by atoms with Gasteiger partial charge in [-0.1, -0.05) is 43.5 Å². The first-order valence-corrected chi connectivity index (χ1v) is 11.0. The van der Waals surface area contributed by atoms with Gasteiger partial charge in [-0.25, -0.2) is 0 Å². The summed E-state index contributed by atoms with van der Waals surface area (Å²) in [5, 5.41) is 21.4. The standard InChI is InChI=1S/C14H18O2.C8H10O.C6H11NO/c1-9(2)13(15)6-5-12-7-10(3)14(16)11(4)8-12;1-6-4-3-5-7(2)8(6)9;1-4-7-6(8)5(2)3/h7-8,16H,1,5-6H2,2-4H3;3-5,9H,1-2H3;2,4H2,1,3H3,(H,7,8). The molecule has 5 nitrogen and oxygen atoms in total. The van der Waals surface area contributed by atoms with Crippen LogP contribution < -0.4 is 5.32 Å². The van der Waals surface area contributed by atoms with E-state index in [1.54, 1.807) is 13.8 Å². The van der Waals surface area contributed by atoms with Crippen LogP contribution in [0.4, 0.5) is 0 Å². The summed E-state index contributed by atoms with van der Waals surface area (Å²) in [4.78, 5) is 21.9. The number of hydrogen-bond acceptors (Lipinski definition) is 4. The van der Waals surface area contributed by atoms with Crippen LogP contribution in [0.3, 0.4) is 0 Å². The van der Waals surface area contributed by atoms with E-state index in [0.29, 0.717) is 42.0 Å². The number of phenolic OH excluding ortho intramolecular Hbond substituents is 2. The molecule has 2 rings (SSSR count). The van der Waals surface area contributed by atoms with E-state index in [0.717, 1.165) is 27.8 Å². The summed E-state index contributed by atoms with van der Waals surface area (Å²) in [7, 11) is 0. The lowest BCUT2D eigenvalue weighted by atomic mass is 10.00. The zero-order valence-corrected chi connectivity index (χ0v) is 21.1. The maximum Gasteiger partial charge on any atom is 0.246 e. The summed E-state index contributed by atoms with van der Waals surface area (Å²) in [6, 6.07) is 9.57. The molecule has 5 heteroatoms. The number of allylic oxidation sites excluding steroid dienone is 1. The molecule has 0 heterocycles. The van der Waals surface area contributed by atoms with Gasteiger partial charge in [0.05, 0.1) is 0 Å². The molecule has 0 aliphatic rings. The number of carbonyl (C=O) groups is 2. The SMILES string of the molecule is C=C(C)C(=O)CCc1cc(C)c(O)c(C)c1.C=C(C)C(=O)NCC.Cc1cccc(C)c1O. The predicted molar refractivity (Wildman–Crippen MR) is 137 cm³/mol. The minimum Gasteiger partial charge on any atom is -0.507 e. The number of aryl methyl sites for hydroxylation is 5. The average molecular weight is 454 g/mol. The van der Waals surface area contributed by atoms with Crippen molar-refractivity contribution in [3.8, 4) is 11.5 Å². The van der Waals surface area contributed by atoms with Crippen LogP contribution in [0, 0.1) is 27.7 Å². The summed E-state index contributed by atoms with van der Waals surface area (Å²) in [6.45, 7) is 20.6. The summed E-state index contributed by atoms with van der Waals surface area (Å²) in [6.07, 6.45) is 1.19. The Bertz CT molecular complexity index is 946. The lowest BCUT2D eigenvalue weighted by Crippen LogP contribution is -2.22. The van der Waals surface area contributed by atoms with E-state index in [4.69, 9.17) is 0 Å². The number of nitrogens with one attached hydrogen (secondary N) is 1. The summed E-state index contributed by atoms with van der Waals surface area (Å²) in [5.74, 6) is 0.795. The van der Waals surface area contributed by atoms with Crippen LogP contribution in [0.1, 0.15) is 55.0 Å². The molecule has 3 N–H and O–H groups in total. The highest BCUT2D eigenvalue weighted by Gasteiger charge is 2.06. The number of likely N-dealkylation sites (N-methyl/N-ethyl adjacent to an activating group) is 1. The maximum absolute atomic E-state index is 11.4. The third kappa shape index (κ3) is 11.2. The highest BCUT2D eigenvalue weighted by molar-refractivity contribution is 5.94. The first-order valence-electron chi connectivity index (χ1n) is 11.0. The fourth-order valence-corrected chi connectivity index (χ4v) is 2.78. The molecule has 0 fully saturated rings. The van der Waals surface area contributed by atoms with Crippen LogP contribution in [-0.4, -0.2) is 28.4 Å². The van der Waals surface area contributed by atoms with Crippen LogP contribution in [0.5, 0.6) is 11.5 Å². The number of phenols is 2. The summed E-state index contributed by atoms with van der Waals surface area (Å²) >= 11 is 0. The maximum atomic E-state index is 11.4.